The average molecular weight is 345 g/mol. The summed E-state index contributed by atoms with van der Waals surface area (Å²) in [6, 6.07) is 8.01. The Morgan fingerprint density at radius 1 is 1.42 bits per heavy atom. The highest BCUT2D eigenvalue weighted by Crippen LogP contribution is 2.35. The summed E-state index contributed by atoms with van der Waals surface area (Å²) in [6.45, 7) is 3.03. The number of nitrogens with zero attached hydrogens (tertiary/aromatic N) is 4. The molecule has 1 amide bonds. The van der Waals surface area contributed by atoms with Gasteiger partial charge in [-0.25, -0.2) is 0 Å². The lowest BCUT2D eigenvalue weighted by Crippen LogP contribution is -2.44. The first-order chi connectivity index (χ1) is 11.7. The van der Waals surface area contributed by atoms with Gasteiger partial charge in [-0.15, -0.1) is 11.8 Å². The van der Waals surface area contributed by atoms with Gasteiger partial charge in [0, 0.05) is 24.5 Å². The zero-order valence-electron chi connectivity index (χ0n) is 13.4. The van der Waals surface area contributed by atoms with Crippen LogP contribution < -0.4 is 10.2 Å². The molecule has 1 atom stereocenters. The van der Waals surface area contributed by atoms with Crippen molar-refractivity contribution in [3.05, 3.63) is 36.0 Å². The van der Waals surface area contributed by atoms with E-state index in [9.17, 15) is 4.79 Å². The standard InChI is InChI=1S/C16H19N5O2S/c1-20-7-6-17-8-12(20)16-18-14(23-19-16)9-21-11-4-2-3-5-13(11)24-10-15(21)22/h2-5,12,17H,6-10H2,1H3. The van der Waals surface area contributed by atoms with Crippen molar-refractivity contribution in [1.82, 2.24) is 20.4 Å². The molecule has 1 aromatic heterocycles. The molecule has 1 saturated heterocycles. The van der Waals surface area contributed by atoms with Crippen LogP contribution in [0.2, 0.25) is 0 Å². The molecule has 0 bridgehead atoms. The maximum absolute atomic E-state index is 12.3. The summed E-state index contributed by atoms with van der Waals surface area (Å²) in [5.74, 6) is 1.65. The minimum absolute atomic E-state index is 0.0647. The fourth-order valence-corrected chi connectivity index (χ4v) is 3.96. The Hall–Kier alpha value is -1.90. The molecule has 2 aliphatic heterocycles. The van der Waals surface area contributed by atoms with Crippen molar-refractivity contribution in [3.8, 4) is 0 Å². The molecular formula is C16H19N5O2S. The van der Waals surface area contributed by atoms with E-state index in [1.165, 1.54) is 0 Å². The monoisotopic (exact) mass is 345 g/mol. The van der Waals surface area contributed by atoms with Gasteiger partial charge in [0.15, 0.2) is 5.82 Å². The second-order valence-corrected chi connectivity index (χ2v) is 7.00. The molecule has 126 valence electrons. The summed E-state index contributed by atoms with van der Waals surface area (Å²) in [7, 11) is 2.06. The Bertz CT molecular complexity index is 750. The van der Waals surface area contributed by atoms with E-state index in [2.05, 4.69) is 27.4 Å². The van der Waals surface area contributed by atoms with Crippen LogP contribution in [-0.4, -0.2) is 53.4 Å². The molecule has 2 aliphatic rings. The van der Waals surface area contributed by atoms with Crippen molar-refractivity contribution < 1.29 is 9.32 Å². The summed E-state index contributed by atoms with van der Waals surface area (Å²) < 4.78 is 5.42. The average Bonchev–Trinajstić information content (AvgIpc) is 3.06. The number of carbonyl (C=O) groups excluding carboxylic acids is 1. The van der Waals surface area contributed by atoms with Crippen LogP contribution in [0.15, 0.2) is 33.7 Å². The molecule has 4 rings (SSSR count). The largest absolute Gasteiger partial charge is 0.337 e. The fourth-order valence-electron chi connectivity index (χ4n) is 3.02. The Kier molecular flexibility index (Phi) is 4.26. The summed E-state index contributed by atoms with van der Waals surface area (Å²) in [4.78, 5) is 21.9. The SMILES string of the molecule is CN1CCNCC1c1noc(CN2C(=O)CSc3ccccc32)n1. The van der Waals surface area contributed by atoms with Crippen molar-refractivity contribution >= 4 is 23.4 Å². The number of hydrogen-bond donors (Lipinski definition) is 1. The number of carbonyl (C=O) groups is 1. The van der Waals surface area contributed by atoms with Gasteiger partial charge in [-0.05, 0) is 19.2 Å². The molecule has 0 spiro atoms. The fraction of sp³-hybridized carbons (Fsp3) is 0.438. The molecule has 3 heterocycles. The Labute approximate surface area is 144 Å². The first-order valence-electron chi connectivity index (χ1n) is 7.98. The molecule has 1 unspecified atom stereocenters. The van der Waals surface area contributed by atoms with Crippen molar-refractivity contribution in [3.63, 3.8) is 0 Å². The zero-order chi connectivity index (χ0) is 16.5. The zero-order valence-corrected chi connectivity index (χ0v) is 14.3. The number of piperazine rings is 1. The van der Waals surface area contributed by atoms with Crippen LogP contribution in [0.5, 0.6) is 0 Å². The van der Waals surface area contributed by atoms with Gasteiger partial charge in [0.25, 0.3) is 0 Å². The van der Waals surface area contributed by atoms with Gasteiger partial charge >= 0.3 is 0 Å². The highest BCUT2D eigenvalue weighted by Gasteiger charge is 2.28. The van der Waals surface area contributed by atoms with Gasteiger partial charge in [0.1, 0.15) is 6.54 Å². The van der Waals surface area contributed by atoms with E-state index in [4.69, 9.17) is 4.52 Å². The van der Waals surface area contributed by atoms with Crippen molar-refractivity contribution in [2.75, 3.05) is 37.3 Å². The maximum atomic E-state index is 12.3. The molecule has 7 nitrogen and oxygen atoms in total. The minimum atomic E-state index is 0.0647. The van der Waals surface area contributed by atoms with Crippen molar-refractivity contribution in [2.45, 2.75) is 17.5 Å². The molecule has 24 heavy (non-hydrogen) atoms. The van der Waals surface area contributed by atoms with Crippen LogP contribution in [0.4, 0.5) is 5.69 Å². The molecule has 0 radical (unpaired) electrons. The van der Waals surface area contributed by atoms with Crippen LogP contribution in [0.1, 0.15) is 17.8 Å². The van der Waals surface area contributed by atoms with Crippen molar-refractivity contribution in [2.24, 2.45) is 0 Å². The first kappa shape index (κ1) is 15.6. The van der Waals surface area contributed by atoms with Crippen LogP contribution in [0.25, 0.3) is 0 Å². The summed E-state index contributed by atoms with van der Waals surface area (Å²) in [5.41, 5.74) is 0.912. The van der Waals surface area contributed by atoms with Crippen LogP contribution in [0, 0.1) is 0 Å². The van der Waals surface area contributed by atoms with E-state index in [0.717, 1.165) is 30.2 Å². The van der Waals surface area contributed by atoms with E-state index in [1.54, 1.807) is 16.7 Å². The second-order valence-electron chi connectivity index (χ2n) is 5.98. The van der Waals surface area contributed by atoms with Gasteiger partial charge in [0.2, 0.25) is 11.8 Å². The van der Waals surface area contributed by atoms with Gasteiger partial charge < -0.3 is 14.7 Å². The third-order valence-corrected chi connectivity index (χ3v) is 5.44. The van der Waals surface area contributed by atoms with E-state index < -0.39 is 0 Å². The van der Waals surface area contributed by atoms with Crippen LogP contribution >= 0.6 is 11.8 Å². The number of aromatic nitrogens is 2. The molecule has 0 aliphatic carbocycles. The number of hydrogen-bond acceptors (Lipinski definition) is 7. The number of benzene rings is 1. The number of nitrogens with one attached hydrogen (secondary N) is 1. The number of para-hydroxylation sites is 1. The Balaban J connectivity index is 1.55. The normalized spacial score (nSPS) is 21.8. The maximum Gasteiger partial charge on any atom is 0.246 e. The van der Waals surface area contributed by atoms with Crippen molar-refractivity contribution in [1.29, 1.82) is 0 Å². The predicted molar refractivity (Wildman–Crippen MR) is 90.9 cm³/mol. The molecule has 1 fully saturated rings. The molecule has 1 aromatic carbocycles. The molecule has 0 saturated carbocycles. The molecular weight excluding hydrogens is 326 g/mol. The topological polar surface area (TPSA) is 74.5 Å². The highest BCUT2D eigenvalue weighted by molar-refractivity contribution is 8.00. The lowest BCUT2D eigenvalue weighted by molar-refractivity contribution is -0.116. The number of thioether (sulfide) groups is 1. The number of rotatable bonds is 3. The number of likely N-dealkylation sites (N-methyl/N-ethyl adjacent to an activating group) is 1. The molecule has 8 heteroatoms. The number of amides is 1. The first-order valence-corrected chi connectivity index (χ1v) is 8.96. The van der Waals surface area contributed by atoms with Crippen LogP contribution in [-0.2, 0) is 11.3 Å². The van der Waals surface area contributed by atoms with Gasteiger partial charge in [-0.2, -0.15) is 4.98 Å². The smallest absolute Gasteiger partial charge is 0.246 e. The minimum Gasteiger partial charge on any atom is -0.337 e. The lowest BCUT2D eigenvalue weighted by Gasteiger charge is -2.30. The summed E-state index contributed by atoms with van der Waals surface area (Å²) in [5, 5.41) is 7.47. The highest BCUT2D eigenvalue weighted by atomic mass is 32.2. The van der Waals surface area contributed by atoms with Gasteiger partial charge in [-0.3, -0.25) is 9.69 Å². The summed E-state index contributed by atoms with van der Waals surface area (Å²) in [6.07, 6.45) is 0. The number of fused-ring (bicyclic) bond motifs is 1. The van der Waals surface area contributed by atoms with E-state index >= 15 is 0 Å². The second kappa shape index (κ2) is 6.54. The third kappa shape index (κ3) is 2.92. The van der Waals surface area contributed by atoms with E-state index in [0.29, 0.717) is 24.0 Å². The molecule has 1 N–H and O–H groups in total. The predicted octanol–water partition coefficient (Wildman–Crippen LogP) is 1.28. The Morgan fingerprint density at radius 3 is 3.17 bits per heavy atom. The van der Waals surface area contributed by atoms with Gasteiger partial charge in [0.05, 0.1) is 17.5 Å². The van der Waals surface area contributed by atoms with E-state index in [-0.39, 0.29) is 11.9 Å². The Morgan fingerprint density at radius 2 is 2.29 bits per heavy atom. The summed E-state index contributed by atoms with van der Waals surface area (Å²) >= 11 is 1.57. The lowest BCUT2D eigenvalue weighted by atomic mass is 10.2. The van der Waals surface area contributed by atoms with Crippen LogP contribution in [0.3, 0.4) is 0 Å². The molecule has 2 aromatic rings. The quantitative estimate of drug-likeness (QED) is 0.898. The van der Waals surface area contributed by atoms with Gasteiger partial charge in [-0.1, -0.05) is 17.3 Å². The van der Waals surface area contributed by atoms with E-state index in [1.807, 2.05) is 24.3 Å². The number of anilines is 1. The third-order valence-electron chi connectivity index (χ3n) is 4.39.